The SMILES string of the molecule is C(=C(c1ccccc1)c1ccccc1)c1ccc2c(c1)c1ccccc1n2-c1ccc(-c2ccc(C(c3ccccc3)(c3ccccc3)c3ccccc3)cc2)c2ccccc12. The summed E-state index contributed by atoms with van der Waals surface area (Å²) in [5.74, 6) is 0. The van der Waals surface area contributed by atoms with E-state index in [9.17, 15) is 0 Å². The van der Waals surface area contributed by atoms with Gasteiger partial charge in [0.2, 0.25) is 0 Å². The van der Waals surface area contributed by atoms with Crippen molar-refractivity contribution in [1.82, 2.24) is 4.57 Å². The first-order valence-electron chi connectivity index (χ1n) is 21.4. The van der Waals surface area contributed by atoms with Gasteiger partial charge in [-0.15, -0.1) is 0 Å². The molecule has 0 aliphatic heterocycles. The Bertz CT molecular complexity index is 3210. The molecule has 0 aliphatic rings. The molecule has 0 spiro atoms. The first-order chi connectivity index (χ1) is 30.8. The third-order valence-electron chi connectivity index (χ3n) is 12.6. The van der Waals surface area contributed by atoms with Gasteiger partial charge in [0.1, 0.15) is 0 Å². The molecule has 0 amide bonds. The van der Waals surface area contributed by atoms with Gasteiger partial charge in [-0.2, -0.15) is 0 Å². The van der Waals surface area contributed by atoms with Gasteiger partial charge in [-0.1, -0.05) is 231 Å². The van der Waals surface area contributed by atoms with Crippen LogP contribution in [-0.4, -0.2) is 4.57 Å². The van der Waals surface area contributed by atoms with Crippen LogP contribution in [0.3, 0.4) is 0 Å². The lowest BCUT2D eigenvalue weighted by Gasteiger charge is -2.37. The van der Waals surface area contributed by atoms with Gasteiger partial charge in [0.05, 0.1) is 22.1 Å². The maximum absolute atomic E-state index is 2.45. The summed E-state index contributed by atoms with van der Waals surface area (Å²) < 4.78 is 2.45. The molecule has 10 aromatic carbocycles. The maximum atomic E-state index is 2.45. The normalized spacial score (nSPS) is 11.5. The van der Waals surface area contributed by atoms with Crippen LogP contribution in [0.1, 0.15) is 38.9 Å². The summed E-state index contributed by atoms with van der Waals surface area (Å²) in [6, 6.07) is 92.7. The summed E-state index contributed by atoms with van der Waals surface area (Å²) >= 11 is 0. The number of benzene rings is 10. The minimum absolute atomic E-state index is 0.495. The summed E-state index contributed by atoms with van der Waals surface area (Å²) in [6.07, 6.45) is 2.33. The Hall–Kier alpha value is -8.00. The fourth-order valence-corrected chi connectivity index (χ4v) is 9.77. The van der Waals surface area contributed by atoms with Gasteiger partial charge in [-0.25, -0.2) is 0 Å². The molecular weight excluding hydrogens is 747 g/mol. The van der Waals surface area contributed by atoms with E-state index in [0.29, 0.717) is 0 Å². The summed E-state index contributed by atoms with van der Waals surface area (Å²) in [5, 5.41) is 4.90. The minimum Gasteiger partial charge on any atom is -0.309 e. The van der Waals surface area contributed by atoms with Crippen molar-refractivity contribution in [2.75, 3.05) is 0 Å². The number of hydrogen-bond donors (Lipinski definition) is 0. The van der Waals surface area contributed by atoms with Crippen LogP contribution in [0.15, 0.2) is 255 Å². The summed E-state index contributed by atoms with van der Waals surface area (Å²) in [4.78, 5) is 0. The monoisotopic (exact) mass is 789 g/mol. The third-order valence-corrected chi connectivity index (χ3v) is 12.6. The lowest BCUT2D eigenvalue weighted by molar-refractivity contribution is 0.745. The van der Waals surface area contributed by atoms with E-state index in [1.807, 2.05) is 0 Å². The Morgan fingerprint density at radius 1 is 0.339 bits per heavy atom. The van der Waals surface area contributed by atoms with Crippen LogP contribution in [0.25, 0.3) is 61.0 Å². The van der Waals surface area contributed by atoms with Gasteiger partial charge in [0.15, 0.2) is 0 Å². The average Bonchev–Trinajstić information content (AvgIpc) is 3.68. The minimum atomic E-state index is -0.495. The highest BCUT2D eigenvalue weighted by Crippen LogP contribution is 2.46. The molecule has 0 fully saturated rings. The van der Waals surface area contributed by atoms with Gasteiger partial charge in [-0.05, 0) is 91.4 Å². The van der Waals surface area contributed by atoms with E-state index in [-0.39, 0.29) is 0 Å². The van der Waals surface area contributed by atoms with Crippen LogP contribution in [0.4, 0.5) is 0 Å². The van der Waals surface area contributed by atoms with Crippen molar-refractivity contribution in [3.05, 3.63) is 294 Å². The van der Waals surface area contributed by atoms with Gasteiger partial charge in [0, 0.05) is 16.2 Å². The first kappa shape index (κ1) is 37.0. The maximum Gasteiger partial charge on any atom is 0.0701 e. The van der Waals surface area contributed by atoms with Crippen LogP contribution in [0, 0.1) is 0 Å². The lowest BCUT2D eigenvalue weighted by Crippen LogP contribution is -2.30. The second-order valence-corrected chi connectivity index (χ2v) is 16.0. The molecule has 1 nitrogen and oxygen atoms in total. The number of fused-ring (bicyclic) bond motifs is 4. The topological polar surface area (TPSA) is 4.93 Å². The Labute approximate surface area is 363 Å². The molecular formula is C61H43N. The van der Waals surface area contributed by atoms with E-state index in [4.69, 9.17) is 0 Å². The van der Waals surface area contributed by atoms with Crippen molar-refractivity contribution in [3.63, 3.8) is 0 Å². The zero-order chi connectivity index (χ0) is 41.3. The van der Waals surface area contributed by atoms with Crippen molar-refractivity contribution in [2.45, 2.75) is 5.41 Å². The van der Waals surface area contributed by atoms with Crippen LogP contribution in [0.5, 0.6) is 0 Å². The third kappa shape index (κ3) is 6.35. The highest BCUT2D eigenvalue weighted by atomic mass is 15.0. The molecule has 0 unspecified atom stereocenters. The highest BCUT2D eigenvalue weighted by Gasteiger charge is 2.38. The Balaban J connectivity index is 1.04. The summed E-state index contributed by atoms with van der Waals surface area (Å²) in [6.45, 7) is 0. The standard InChI is InChI=1S/C61H43N/c1-6-20-45(21-7-1)56(46-22-8-2-9-23-46)42-44-34-40-60-57(43-44)55-32-18-19-33-58(55)62(60)59-41-39-52(53-30-16-17-31-54(53)59)47-35-37-51(38-36-47)61(48-24-10-3-11-25-48,49-26-12-4-13-27-49)50-28-14-5-15-29-50/h1-43H. The number of rotatable bonds is 9. The van der Waals surface area contributed by atoms with Crippen molar-refractivity contribution >= 4 is 44.2 Å². The summed E-state index contributed by atoms with van der Waals surface area (Å²) in [7, 11) is 0. The molecule has 0 radical (unpaired) electrons. The number of aromatic nitrogens is 1. The molecule has 0 aliphatic carbocycles. The largest absolute Gasteiger partial charge is 0.309 e. The molecule has 11 aromatic rings. The molecule has 0 bridgehead atoms. The molecule has 1 aromatic heterocycles. The van der Waals surface area contributed by atoms with Crippen molar-refractivity contribution in [1.29, 1.82) is 0 Å². The van der Waals surface area contributed by atoms with E-state index < -0.39 is 5.41 Å². The van der Waals surface area contributed by atoms with E-state index in [1.165, 1.54) is 93.9 Å². The Morgan fingerprint density at radius 3 is 1.35 bits per heavy atom. The van der Waals surface area contributed by atoms with E-state index in [1.54, 1.807) is 0 Å². The quantitative estimate of drug-likeness (QED) is 0.101. The number of nitrogens with zero attached hydrogens (tertiary/aromatic N) is 1. The van der Waals surface area contributed by atoms with E-state index in [2.05, 4.69) is 265 Å². The molecule has 0 atom stereocenters. The number of hydrogen-bond acceptors (Lipinski definition) is 0. The summed E-state index contributed by atoms with van der Waals surface area (Å²) in [5.41, 5.74) is 15.2. The second-order valence-electron chi connectivity index (χ2n) is 16.0. The molecule has 0 saturated carbocycles. The van der Waals surface area contributed by atoms with E-state index in [0.717, 1.165) is 0 Å². The second kappa shape index (κ2) is 15.9. The van der Waals surface area contributed by atoms with Crippen molar-refractivity contribution in [2.24, 2.45) is 0 Å². The smallest absolute Gasteiger partial charge is 0.0701 e. The zero-order valence-corrected chi connectivity index (χ0v) is 34.3. The van der Waals surface area contributed by atoms with E-state index >= 15 is 0 Å². The van der Waals surface area contributed by atoms with Crippen molar-refractivity contribution in [3.8, 4) is 16.8 Å². The van der Waals surface area contributed by atoms with Crippen LogP contribution in [-0.2, 0) is 5.41 Å². The molecule has 0 saturated heterocycles. The fourth-order valence-electron chi connectivity index (χ4n) is 9.77. The molecule has 11 rings (SSSR count). The molecule has 292 valence electrons. The van der Waals surface area contributed by atoms with Crippen molar-refractivity contribution < 1.29 is 0 Å². The Kier molecular flexibility index (Phi) is 9.48. The predicted molar refractivity (Wildman–Crippen MR) is 262 cm³/mol. The van der Waals surface area contributed by atoms with Crippen LogP contribution >= 0.6 is 0 Å². The average molecular weight is 790 g/mol. The molecule has 1 heterocycles. The predicted octanol–water partition coefficient (Wildman–Crippen LogP) is 15.6. The van der Waals surface area contributed by atoms with Crippen LogP contribution in [0.2, 0.25) is 0 Å². The first-order valence-corrected chi connectivity index (χ1v) is 21.4. The van der Waals surface area contributed by atoms with Gasteiger partial charge >= 0.3 is 0 Å². The zero-order valence-electron chi connectivity index (χ0n) is 34.3. The lowest BCUT2D eigenvalue weighted by atomic mass is 9.65. The number of para-hydroxylation sites is 1. The molecule has 0 N–H and O–H groups in total. The Morgan fingerprint density at radius 2 is 0.790 bits per heavy atom. The van der Waals surface area contributed by atoms with Gasteiger partial charge in [0.25, 0.3) is 0 Å². The molecule has 62 heavy (non-hydrogen) atoms. The highest BCUT2D eigenvalue weighted by molar-refractivity contribution is 6.12. The molecule has 1 heteroatoms. The van der Waals surface area contributed by atoms with Gasteiger partial charge in [-0.3, -0.25) is 0 Å². The van der Waals surface area contributed by atoms with Crippen LogP contribution < -0.4 is 0 Å². The van der Waals surface area contributed by atoms with Gasteiger partial charge < -0.3 is 4.57 Å². The fraction of sp³-hybridized carbons (Fsp3) is 0.0164.